The first-order chi connectivity index (χ1) is 9.31. The second kappa shape index (κ2) is 7.65. The maximum Gasteiger partial charge on any atom is 0.219 e. The molecule has 2 rings (SSSR count). The summed E-state index contributed by atoms with van der Waals surface area (Å²) in [5.41, 5.74) is 0. The Hall–Kier alpha value is -0.870. The van der Waals surface area contributed by atoms with Gasteiger partial charge in [-0.3, -0.25) is 9.69 Å². The lowest BCUT2D eigenvalue weighted by Gasteiger charge is -2.30. The van der Waals surface area contributed by atoms with Crippen LogP contribution in [0.5, 0.6) is 0 Å². The number of thiophene rings is 1. The second-order valence-electron chi connectivity index (χ2n) is 5.14. The maximum atomic E-state index is 11.5. The van der Waals surface area contributed by atoms with E-state index in [0.29, 0.717) is 12.5 Å². The van der Waals surface area contributed by atoms with Gasteiger partial charge in [0.05, 0.1) is 6.04 Å². The molecule has 0 bridgehead atoms. The summed E-state index contributed by atoms with van der Waals surface area (Å²) in [7, 11) is 0. The van der Waals surface area contributed by atoms with Crippen molar-refractivity contribution in [3.63, 3.8) is 0 Å². The van der Waals surface area contributed by atoms with Crippen LogP contribution in [0.15, 0.2) is 17.5 Å². The van der Waals surface area contributed by atoms with Crippen LogP contribution < -0.4 is 5.32 Å². The Labute approximate surface area is 120 Å². The number of likely N-dealkylation sites (tertiary alicyclic amines) is 1. The average Bonchev–Trinajstić information content (AvgIpc) is 2.82. The molecule has 0 aromatic carbocycles. The van der Waals surface area contributed by atoms with Gasteiger partial charge in [-0.1, -0.05) is 25.8 Å². The fourth-order valence-electron chi connectivity index (χ4n) is 2.63. The minimum atomic E-state index is 0.149. The molecule has 19 heavy (non-hydrogen) atoms. The molecule has 1 fully saturated rings. The lowest BCUT2D eigenvalue weighted by Crippen LogP contribution is -2.38. The average molecular weight is 280 g/mol. The Balaban J connectivity index is 2.02. The van der Waals surface area contributed by atoms with E-state index in [1.807, 2.05) is 6.92 Å². The van der Waals surface area contributed by atoms with Crippen molar-refractivity contribution in [2.75, 3.05) is 19.6 Å². The summed E-state index contributed by atoms with van der Waals surface area (Å²) in [6, 6.07) is 4.65. The Morgan fingerprint density at radius 3 is 2.68 bits per heavy atom. The highest BCUT2D eigenvalue weighted by Gasteiger charge is 2.22. The molecular formula is C15H24N2OS. The Kier molecular flexibility index (Phi) is 5.86. The first kappa shape index (κ1) is 14.5. The quantitative estimate of drug-likeness (QED) is 0.898. The number of carbonyl (C=O) groups excluding carboxylic acids is 1. The lowest BCUT2D eigenvalue weighted by atomic mass is 10.2. The first-order valence-electron chi connectivity index (χ1n) is 7.35. The van der Waals surface area contributed by atoms with E-state index >= 15 is 0 Å². The summed E-state index contributed by atoms with van der Waals surface area (Å²) in [5, 5.41) is 5.19. The highest BCUT2D eigenvalue weighted by Crippen LogP contribution is 2.27. The number of amides is 1. The van der Waals surface area contributed by atoms with Gasteiger partial charge in [-0.2, -0.15) is 0 Å². The standard InChI is InChI=1S/C15H24N2OS/c1-2-15(18)16-12-13(14-8-7-11-19-14)17-9-5-3-4-6-10-17/h7-8,11,13H,2-6,9-10,12H2,1H3,(H,16,18). The minimum Gasteiger partial charge on any atom is -0.354 e. The van der Waals surface area contributed by atoms with Gasteiger partial charge >= 0.3 is 0 Å². The van der Waals surface area contributed by atoms with Crippen molar-refractivity contribution in [1.29, 1.82) is 0 Å². The van der Waals surface area contributed by atoms with Crippen LogP contribution in [-0.2, 0) is 4.79 Å². The molecule has 1 aliphatic rings. The van der Waals surface area contributed by atoms with Crippen LogP contribution in [0.4, 0.5) is 0 Å². The summed E-state index contributed by atoms with van der Waals surface area (Å²) in [6.45, 7) is 4.96. The van der Waals surface area contributed by atoms with Gasteiger partial charge in [-0.05, 0) is 37.4 Å². The summed E-state index contributed by atoms with van der Waals surface area (Å²) in [4.78, 5) is 15.4. The topological polar surface area (TPSA) is 32.3 Å². The molecule has 1 saturated heterocycles. The van der Waals surface area contributed by atoms with Crippen molar-refractivity contribution < 1.29 is 4.79 Å². The molecule has 1 amide bonds. The van der Waals surface area contributed by atoms with Crippen molar-refractivity contribution in [2.45, 2.75) is 45.1 Å². The molecule has 2 heterocycles. The fourth-order valence-corrected chi connectivity index (χ4v) is 3.49. The monoisotopic (exact) mass is 280 g/mol. The molecule has 106 valence electrons. The van der Waals surface area contributed by atoms with Crippen LogP contribution in [0.1, 0.15) is 49.9 Å². The third-order valence-electron chi connectivity index (χ3n) is 3.77. The Bertz CT molecular complexity index is 370. The van der Waals surface area contributed by atoms with E-state index in [4.69, 9.17) is 0 Å². The number of nitrogens with zero attached hydrogens (tertiary/aromatic N) is 1. The van der Waals surface area contributed by atoms with E-state index in [1.165, 1.54) is 30.6 Å². The normalized spacial score (nSPS) is 18.8. The Morgan fingerprint density at radius 1 is 1.37 bits per heavy atom. The van der Waals surface area contributed by atoms with Gasteiger partial charge in [0.25, 0.3) is 0 Å². The third-order valence-corrected chi connectivity index (χ3v) is 4.74. The van der Waals surface area contributed by atoms with Gasteiger partial charge in [-0.15, -0.1) is 11.3 Å². The van der Waals surface area contributed by atoms with Gasteiger partial charge in [0.2, 0.25) is 5.91 Å². The predicted molar refractivity (Wildman–Crippen MR) is 80.4 cm³/mol. The smallest absolute Gasteiger partial charge is 0.219 e. The Morgan fingerprint density at radius 2 is 2.11 bits per heavy atom. The molecule has 1 aromatic heterocycles. The van der Waals surface area contributed by atoms with E-state index in [-0.39, 0.29) is 5.91 Å². The highest BCUT2D eigenvalue weighted by atomic mass is 32.1. The van der Waals surface area contributed by atoms with Gasteiger partial charge in [0, 0.05) is 17.8 Å². The van der Waals surface area contributed by atoms with E-state index < -0.39 is 0 Å². The zero-order valence-corrected chi connectivity index (χ0v) is 12.5. The predicted octanol–water partition coefficient (Wildman–Crippen LogP) is 3.19. The van der Waals surface area contributed by atoms with Crippen LogP contribution in [0.3, 0.4) is 0 Å². The minimum absolute atomic E-state index is 0.149. The molecule has 3 nitrogen and oxygen atoms in total. The third kappa shape index (κ3) is 4.32. The van der Waals surface area contributed by atoms with Crippen molar-refractivity contribution in [2.24, 2.45) is 0 Å². The molecule has 0 spiro atoms. The van der Waals surface area contributed by atoms with E-state index in [1.54, 1.807) is 11.3 Å². The van der Waals surface area contributed by atoms with E-state index in [9.17, 15) is 4.79 Å². The number of carbonyl (C=O) groups is 1. The van der Waals surface area contributed by atoms with Crippen LogP contribution >= 0.6 is 11.3 Å². The SMILES string of the molecule is CCC(=O)NCC(c1cccs1)N1CCCCCC1. The van der Waals surface area contributed by atoms with Crippen LogP contribution in [0.2, 0.25) is 0 Å². The zero-order valence-electron chi connectivity index (χ0n) is 11.7. The summed E-state index contributed by atoms with van der Waals surface area (Å²) < 4.78 is 0. The van der Waals surface area contributed by atoms with E-state index in [2.05, 4.69) is 27.7 Å². The summed E-state index contributed by atoms with van der Waals surface area (Å²) in [6.07, 6.45) is 5.81. The van der Waals surface area contributed by atoms with Crippen molar-refractivity contribution in [3.8, 4) is 0 Å². The number of hydrogen-bond donors (Lipinski definition) is 1. The largest absolute Gasteiger partial charge is 0.354 e. The van der Waals surface area contributed by atoms with Crippen molar-refractivity contribution in [1.82, 2.24) is 10.2 Å². The van der Waals surface area contributed by atoms with Crippen molar-refractivity contribution in [3.05, 3.63) is 22.4 Å². The summed E-state index contributed by atoms with van der Waals surface area (Å²) >= 11 is 1.80. The maximum absolute atomic E-state index is 11.5. The molecule has 4 heteroatoms. The van der Waals surface area contributed by atoms with Crippen LogP contribution in [0, 0.1) is 0 Å². The van der Waals surface area contributed by atoms with Gasteiger partial charge < -0.3 is 5.32 Å². The molecule has 1 aliphatic heterocycles. The van der Waals surface area contributed by atoms with Crippen LogP contribution in [-0.4, -0.2) is 30.4 Å². The highest BCUT2D eigenvalue weighted by molar-refractivity contribution is 7.10. The molecular weight excluding hydrogens is 256 g/mol. The molecule has 0 radical (unpaired) electrons. The van der Waals surface area contributed by atoms with Gasteiger partial charge in [0.1, 0.15) is 0 Å². The van der Waals surface area contributed by atoms with Gasteiger partial charge in [-0.25, -0.2) is 0 Å². The zero-order chi connectivity index (χ0) is 13.5. The van der Waals surface area contributed by atoms with Crippen molar-refractivity contribution >= 4 is 17.2 Å². The first-order valence-corrected chi connectivity index (χ1v) is 8.23. The molecule has 1 atom stereocenters. The fraction of sp³-hybridized carbons (Fsp3) is 0.667. The molecule has 1 N–H and O–H groups in total. The number of rotatable bonds is 5. The number of nitrogens with one attached hydrogen (secondary N) is 1. The van der Waals surface area contributed by atoms with Gasteiger partial charge in [0.15, 0.2) is 0 Å². The molecule has 1 aromatic rings. The second-order valence-corrected chi connectivity index (χ2v) is 6.12. The molecule has 0 aliphatic carbocycles. The van der Waals surface area contributed by atoms with E-state index in [0.717, 1.165) is 19.6 Å². The summed E-state index contributed by atoms with van der Waals surface area (Å²) in [5.74, 6) is 0.149. The lowest BCUT2D eigenvalue weighted by molar-refractivity contribution is -0.121. The molecule has 0 saturated carbocycles. The van der Waals surface area contributed by atoms with Crippen LogP contribution in [0.25, 0.3) is 0 Å². The number of hydrogen-bond acceptors (Lipinski definition) is 3. The molecule has 1 unspecified atom stereocenters.